The number of hydrogen-bond donors (Lipinski definition) is 3. The zero-order chi connectivity index (χ0) is 10.3. The van der Waals surface area contributed by atoms with E-state index >= 15 is 0 Å². The molecule has 3 nitrogen and oxygen atoms in total. The van der Waals surface area contributed by atoms with Gasteiger partial charge in [0.2, 0.25) is 0 Å². The van der Waals surface area contributed by atoms with Crippen LogP contribution >= 0.6 is 0 Å². The fourth-order valence-corrected chi connectivity index (χ4v) is 1.22. The first-order valence-corrected chi connectivity index (χ1v) is 5.35. The molecule has 0 fully saturated rings. The molecule has 0 radical (unpaired) electrons. The largest absolute Gasteiger partial charge is 0.631 e. The Hall–Kier alpha value is 0.541. The molecule has 0 saturated carbocycles. The van der Waals surface area contributed by atoms with Gasteiger partial charge >= 0.3 is 98.4 Å². The Morgan fingerprint density at radius 2 is 1.54 bits per heavy atom. The Morgan fingerprint density at radius 1 is 1.15 bits per heavy atom. The van der Waals surface area contributed by atoms with E-state index in [0.29, 0.717) is 0 Å². The molecule has 0 amide bonds. The van der Waals surface area contributed by atoms with Gasteiger partial charge in [-0.1, -0.05) is 0 Å². The zero-order valence-electron chi connectivity index (χ0n) is 7.51. The summed E-state index contributed by atoms with van der Waals surface area (Å²) in [4.78, 5) is 0. The molecule has 0 heterocycles. The quantitative estimate of drug-likeness (QED) is 0.518. The molecule has 1 rings (SSSR count). The molecule has 0 unspecified atom stereocenters. The van der Waals surface area contributed by atoms with Crippen LogP contribution in [0.1, 0.15) is 5.56 Å². The minimum absolute atomic E-state index is 0.812. The van der Waals surface area contributed by atoms with Gasteiger partial charge in [0.1, 0.15) is 0 Å². The minimum Gasteiger partial charge on any atom is -0.402 e. The normalized spacial score (nSPS) is 8.38. The second kappa shape index (κ2) is 7.90. The van der Waals surface area contributed by atoms with Gasteiger partial charge in [-0.2, -0.15) is 0 Å². The maximum Gasteiger partial charge on any atom is 0.631 e. The van der Waals surface area contributed by atoms with E-state index in [1.807, 2.05) is 6.08 Å². The monoisotopic (exact) mass is 204 g/mol. The van der Waals surface area contributed by atoms with E-state index in [9.17, 15) is 0 Å². The number of hydrogen-bond acceptors (Lipinski definition) is 3. The van der Waals surface area contributed by atoms with Crippen molar-refractivity contribution in [3.63, 3.8) is 0 Å². The summed E-state index contributed by atoms with van der Waals surface area (Å²) >= 11 is 0.812. The standard InChI is InChI=1S/C8H7.BH3O3.K/c1-2-8-6-4-3-5-7-8;2-1(3)4;/h2,4-7H,1H2;2-4H;. The molecule has 13 heavy (non-hydrogen) atoms. The number of rotatable bonds is 1. The molecule has 0 atom stereocenters. The van der Waals surface area contributed by atoms with Crippen molar-refractivity contribution in [2.45, 2.75) is 0 Å². The van der Waals surface area contributed by atoms with Gasteiger partial charge in [0.15, 0.2) is 0 Å². The summed E-state index contributed by atoms with van der Waals surface area (Å²) in [5.41, 5.74) is 1.21. The van der Waals surface area contributed by atoms with Gasteiger partial charge in [0, 0.05) is 0 Å². The molecular weight excluding hydrogens is 194 g/mol. The van der Waals surface area contributed by atoms with Crippen molar-refractivity contribution in [3.8, 4) is 0 Å². The van der Waals surface area contributed by atoms with Crippen molar-refractivity contribution in [2.24, 2.45) is 0 Å². The van der Waals surface area contributed by atoms with Gasteiger partial charge in [0.25, 0.3) is 0 Å². The van der Waals surface area contributed by atoms with E-state index in [4.69, 9.17) is 15.1 Å². The third-order valence-electron chi connectivity index (χ3n) is 1.31. The molecule has 0 bridgehead atoms. The minimum atomic E-state index is -2.17. The van der Waals surface area contributed by atoms with E-state index in [-0.39, 0.29) is 0 Å². The van der Waals surface area contributed by atoms with Crippen LogP contribution < -0.4 is -0.342 Å². The molecule has 3 N–H and O–H groups in total. The van der Waals surface area contributed by atoms with Crippen LogP contribution in [0.25, 0.3) is 6.08 Å². The Morgan fingerprint density at radius 3 is 1.85 bits per heavy atom. The van der Waals surface area contributed by atoms with E-state index in [1.165, 1.54) is 5.22 Å². The Labute approximate surface area is 112 Å². The van der Waals surface area contributed by atoms with Gasteiger partial charge in [-0.05, 0) is 0 Å². The summed E-state index contributed by atoms with van der Waals surface area (Å²) in [6.07, 6.45) is 1.87. The second-order valence-electron chi connectivity index (χ2n) is 2.46. The smallest absolute Gasteiger partial charge is 0.402 e. The fraction of sp³-hybridized carbons (Fsp3) is 0. The average molecular weight is 204 g/mol. The summed E-state index contributed by atoms with van der Waals surface area (Å²) < 4.78 is 1.48. The van der Waals surface area contributed by atoms with E-state index in [2.05, 4.69) is 30.8 Å². The van der Waals surface area contributed by atoms with Crippen LogP contribution in [-0.2, 0) is 0 Å². The van der Waals surface area contributed by atoms with Crippen LogP contribution in [0.5, 0.6) is 0 Å². The van der Waals surface area contributed by atoms with Crippen molar-refractivity contribution in [2.75, 3.05) is 0 Å². The molecule has 0 aliphatic heterocycles. The molecule has 5 heteroatoms. The third-order valence-corrected chi connectivity index (χ3v) is 2.35. The first-order valence-electron chi connectivity index (χ1n) is 3.79. The summed E-state index contributed by atoms with van der Waals surface area (Å²) in [6, 6.07) is 8.54. The van der Waals surface area contributed by atoms with Gasteiger partial charge in [-0.15, -0.1) is 0 Å². The van der Waals surface area contributed by atoms with Gasteiger partial charge in [0.05, 0.1) is 0 Å². The van der Waals surface area contributed by atoms with Gasteiger partial charge in [-0.3, -0.25) is 0 Å². The molecule has 0 aliphatic carbocycles. The van der Waals surface area contributed by atoms with Crippen LogP contribution in [0.15, 0.2) is 30.8 Å². The van der Waals surface area contributed by atoms with Gasteiger partial charge < -0.3 is 15.1 Å². The van der Waals surface area contributed by atoms with E-state index in [0.717, 1.165) is 49.0 Å². The molecule has 1 aromatic carbocycles. The Bertz CT molecular complexity index is 245. The average Bonchev–Trinajstić information content (AvgIpc) is 2.05. The van der Waals surface area contributed by atoms with Crippen LogP contribution in [0.2, 0.25) is 0 Å². The van der Waals surface area contributed by atoms with Crippen molar-refractivity contribution < 1.29 is 15.1 Å². The van der Waals surface area contributed by atoms with E-state index in [1.54, 1.807) is 0 Å². The fourth-order valence-electron chi connectivity index (χ4n) is 0.703. The SMILES string of the molecule is C=Cc1cc[c]([K])cc1.OB(O)O. The van der Waals surface area contributed by atoms with Crippen LogP contribution in [0.3, 0.4) is 0 Å². The molecule has 1 aromatic rings. The predicted octanol–water partition coefficient (Wildman–Crippen LogP) is -0.928. The molecule has 0 aliphatic rings. The molecule has 0 spiro atoms. The third kappa shape index (κ3) is 8.86. The Balaban J connectivity index is 0.000000310. The first-order chi connectivity index (χ1) is 6.06. The predicted molar refractivity (Wildman–Crippen MR) is 54.3 cm³/mol. The topological polar surface area (TPSA) is 60.7 Å². The van der Waals surface area contributed by atoms with Crippen LogP contribution in [0.4, 0.5) is 0 Å². The van der Waals surface area contributed by atoms with Gasteiger partial charge in [-0.25, -0.2) is 0 Å². The van der Waals surface area contributed by atoms with Crippen molar-refractivity contribution >= 4 is 62.0 Å². The second-order valence-corrected chi connectivity index (χ2v) is 4.26. The Kier molecular flexibility index (Phi) is 8.23. The summed E-state index contributed by atoms with van der Waals surface area (Å²) in [7, 11) is -2.17. The molecule has 64 valence electrons. The summed E-state index contributed by atoms with van der Waals surface area (Å²) in [5.74, 6) is 0. The van der Waals surface area contributed by atoms with Crippen LogP contribution in [0, 0.1) is 0 Å². The van der Waals surface area contributed by atoms with Crippen molar-refractivity contribution in [1.29, 1.82) is 0 Å². The van der Waals surface area contributed by atoms with E-state index < -0.39 is 7.32 Å². The maximum absolute atomic E-state index is 7.17. The summed E-state index contributed by atoms with van der Waals surface area (Å²) in [5, 5.41) is 21.5. The molecule has 0 aromatic heterocycles. The maximum atomic E-state index is 7.17. The van der Waals surface area contributed by atoms with Crippen molar-refractivity contribution in [1.82, 2.24) is 0 Å². The zero-order valence-corrected chi connectivity index (χ0v) is 10.6. The summed E-state index contributed by atoms with van der Waals surface area (Å²) in [6.45, 7) is 3.68. The van der Waals surface area contributed by atoms with Crippen molar-refractivity contribution in [3.05, 3.63) is 36.4 Å². The molecule has 0 saturated heterocycles. The van der Waals surface area contributed by atoms with Crippen LogP contribution in [-0.4, -0.2) is 71.3 Å². The first kappa shape index (κ1) is 13.5. The molecular formula is C8H10BKO3. The number of benzene rings is 1.